The zero-order valence-corrected chi connectivity index (χ0v) is 23.5. The molecule has 2 saturated heterocycles. The van der Waals surface area contributed by atoms with Crippen molar-refractivity contribution < 1.29 is 9.53 Å². The number of amides is 1. The van der Waals surface area contributed by atoms with Gasteiger partial charge in [0.15, 0.2) is 5.11 Å². The number of piperazine rings is 1. The standard InChI is InChI=1S/C32H36N4O2S/c1-22-8-11-29(23(2)18-22)33-31(39)35-16-14-34(15-17-35)26-9-10-27-28(20-26)25-12-13-36(30(27)19-25)32(37)38-21-24-6-4-3-5-7-24/h3-11,18,20,25,30H,12-17,19,21H2,1-2H3,(H,33,39)/t25-,30+/m1/s1. The summed E-state index contributed by atoms with van der Waals surface area (Å²) in [6.07, 6.45) is 1.77. The van der Waals surface area contributed by atoms with Gasteiger partial charge in [-0.1, -0.05) is 54.1 Å². The number of hydrogen-bond donors (Lipinski definition) is 1. The molecule has 6 rings (SSSR count). The quantitative estimate of drug-likeness (QED) is 0.387. The van der Waals surface area contributed by atoms with Gasteiger partial charge in [-0.2, -0.15) is 0 Å². The molecule has 7 heteroatoms. The number of rotatable bonds is 4. The van der Waals surface area contributed by atoms with E-state index in [1.165, 1.54) is 27.9 Å². The molecule has 6 nitrogen and oxygen atoms in total. The van der Waals surface area contributed by atoms with Crippen LogP contribution in [0.3, 0.4) is 0 Å². The SMILES string of the molecule is Cc1ccc(NC(=S)N2CCN(c3ccc4c(c3)[C@@H]3CCN(C(=O)OCc5ccccc5)[C@H]4C3)CC2)c(C)c1. The van der Waals surface area contributed by atoms with Gasteiger partial charge in [0.1, 0.15) is 6.61 Å². The second-order valence-electron chi connectivity index (χ2n) is 11.0. The Balaban J connectivity index is 1.07. The number of aryl methyl sites for hydroxylation is 2. The van der Waals surface area contributed by atoms with Crippen LogP contribution in [0.15, 0.2) is 66.7 Å². The summed E-state index contributed by atoms with van der Waals surface area (Å²) >= 11 is 5.75. The van der Waals surface area contributed by atoms with E-state index in [1.54, 1.807) is 0 Å². The van der Waals surface area contributed by atoms with Gasteiger partial charge in [0.25, 0.3) is 0 Å². The molecule has 2 fully saturated rings. The van der Waals surface area contributed by atoms with Gasteiger partial charge in [0.2, 0.25) is 0 Å². The van der Waals surface area contributed by atoms with E-state index < -0.39 is 0 Å². The highest BCUT2D eigenvalue weighted by Gasteiger charge is 2.41. The first-order chi connectivity index (χ1) is 19.0. The maximum absolute atomic E-state index is 13.0. The van der Waals surface area contributed by atoms with Gasteiger partial charge in [0.05, 0.1) is 6.04 Å². The minimum absolute atomic E-state index is 0.113. The summed E-state index contributed by atoms with van der Waals surface area (Å²) in [5, 5.41) is 4.24. The lowest BCUT2D eigenvalue weighted by Gasteiger charge is -2.37. The largest absolute Gasteiger partial charge is 0.445 e. The lowest BCUT2D eigenvalue weighted by Crippen LogP contribution is -2.50. The Morgan fingerprint density at radius 1 is 0.949 bits per heavy atom. The number of carbonyl (C=O) groups is 1. The molecule has 2 bridgehead atoms. The van der Waals surface area contributed by atoms with E-state index >= 15 is 0 Å². The second-order valence-corrected chi connectivity index (χ2v) is 11.4. The number of fused-ring (bicyclic) bond motifs is 5. The van der Waals surface area contributed by atoms with Crippen LogP contribution in [0.4, 0.5) is 16.2 Å². The van der Waals surface area contributed by atoms with Gasteiger partial charge in [-0.05, 0) is 85.3 Å². The maximum Gasteiger partial charge on any atom is 0.410 e. The highest BCUT2D eigenvalue weighted by atomic mass is 32.1. The summed E-state index contributed by atoms with van der Waals surface area (Å²) < 4.78 is 5.69. The fraction of sp³-hybridized carbons (Fsp3) is 0.375. The summed E-state index contributed by atoms with van der Waals surface area (Å²) in [6.45, 7) is 8.92. The molecule has 0 radical (unpaired) electrons. The first-order valence-electron chi connectivity index (χ1n) is 14.0. The molecule has 1 amide bonds. The number of nitrogens with zero attached hydrogens (tertiary/aromatic N) is 3. The Kier molecular flexibility index (Phi) is 7.17. The fourth-order valence-electron chi connectivity index (χ4n) is 6.30. The molecule has 3 aromatic carbocycles. The normalized spacial score (nSPS) is 20.0. The van der Waals surface area contributed by atoms with E-state index in [0.717, 1.165) is 61.9 Å². The molecule has 2 atom stereocenters. The van der Waals surface area contributed by atoms with Crippen LogP contribution in [0.2, 0.25) is 0 Å². The third kappa shape index (κ3) is 5.33. The average molecular weight is 541 g/mol. The number of piperidine rings is 1. The molecule has 1 aliphatic carbocycles. The lowest BCUT2D eigenvalue weighted by molar-refractivity contribution is 0.0694. The zero-order chi connectivity index (χ0) is 26.9. The topological polar surface area (TPSA) is 48.0 Å². The van der Waals surface area contributed by atoms with Crippen LogP contribution in [-0.2, 0) is 11.3 Å². The van der Waals surface area contributed by atoms with Gasteiger partial charge in [-0.3, -0.25) is 0 Å². The summed E-state index contributed by atoms with van der Waals surface area (Å²) in [7, 11) is 0. The van der Waals surface area contributed by atoms with Gasteiger partial charge in [0, 0.05) is 44.1 Å². The number of thiocarbonyl (C=S) groups is 1. The van der Waals surface area contributed by atoms with Gasteiger partial charge >= 0.3 is 6.09 Å². The molecule has 0 aromatic heterocycles. The minimum Gasteiger partial charge on any atom is -0.445 e. The Bertz CT molecular complexity index is 1370. The number of anilines is 2. The van der Waals surface area contributed by atoms with Crippen molar-refractivity contribution in [1.29, 1.82) is 0 Å². The molecule has 1 N–H and O–H groups in total. The second kappa shape index (κ2) is 10.9. The van der Waals surface area contributed by atoms with Crippen molar-refractivity contribution in [2.75, 3.05) is 42.9 Å². The van der Waals surface area contributed by atoms with Gasteiger partial charge < -0.3 is 24.8 Å². The molecule has 3 aromatic rings. The number of benzene rings is 3. The minimum atomic E-state index is -0.208. The maximum atomic E-state index is 13.0. The Labute approximate surface area is 236 Å². The summed E-state index contributed by atoms with van der Waals surface area (Å²) in [6, 6.07) is 23.3. The Hall–Kier alpha value is -3.58. The number of carbonyl (C=O) groups excluding carboxylic acids is 1. The van der Waals surface area contributed by atoms with Crippen LogP contribution in [0, 0.1) is 13.8 Å². The van der Waals surface area contributed by atoms with E-state index in [-0.39, 0.29) is 12.1 Å². The number of likely N-dealkylation sites (tertiary alicyclic amines) is 1. The number of hydrogen-bond acceptors (Lipinski definition) is 4. The Morgan fingerprint density at radius 3 is 2.51 bits per heavy atom. The zero-order valence-electron chi connectivity index (χ0n) is 22.7. The number of nitrogens with one attached hydrogen (secondary N) is 1. The van der Waals surface area contributed by atoms with Crippen molar-refractivity contribution in [3.8, 4) is 0 Å². The molecular formula is C32H36N4O2S. The molecule has 0 saturated carbocycles. The van der Waals surface area contributed by atoms with Crippen LogP contribution in [0.1, 0.15) is 52.6 Å². The summed E-state index contributed by atoms with van der Waals surface area (Å²) in [4.78, 5) is 19.7. The van der Waals surface area contributed by atoms with Crippen molar-refractivity contribution in [3.05, 3.63) is 94.5 Å². The molecule has 2 aliphatic heterocycles. The Morgan fingerprint density at radius 2 is 1.74 bits per heavy atom. The van der Waals surface area contributed by atoms with Crippen LogP contribution < -0.4 is 10.2 Å². The van der Waals surface area contributed by atoms with Crippen molar-refractivity contribution in [3.63, 3.8) is 0 Å². The number of ether oxygens (including phenoxy) is 1. The van der Waals surface area contributed by atoms with Crippen molar-refractivity contribution in [2.24, 2.45) is 0 Å². The smallest absolute Gasteiger partial charge is 0.410 e. The van der Waals surface area contributed by atoms with Gasteiger partial charge in [-0.25, -0.2) is 4.79 Å². The average Bonchev–Trinajstić information content (AvgIpc) is 3.24. The molecule has 202 valence electrons. The summed E-state index contributed by atoms with van der Waals surface area (Å²) in [5.74, 6) is 0.513. The molecule has 0 unspecified atom stereocenters. The molecule has 2 heterocycles. The molecule has 0 spiro atoms. The highest BCUT2D eigenvalue weighted by molar-refractivity contribution is 7.80. The van der Waals surface area contributed by atoms with Gasteiger partial charge in [-0.15, -0.1) is 0 Å². The predicted octanol–water partition coefficient (Wildman–Crippen LogP) is 6.39. The fourth-order valence-corrected chi connectivity index (χ4v) is 6.59. The van der Waals surface area contributed by atoms with Crippen molar-refractivity contribution >= 4 is 34.8 Å². The van der Waals surface area contributed by atoms with Crippen LogP contribution in [-0.4, -0.2) is 53.7 Å². The highest BCUT2D eigenvalue weighted by Crippen LogP contribution is 2.50. The molecule has 39 heavy (non-hydrogen) atoms. The van der Waals surface area contributed by atoms with E-state index in [9.17, 15) is 4.79 Å². The summed E-state index contributed by atoms with van der Waals surface area (Å²) in [5.41, 5.74) is 8.52. The van der Waals surface area contributed by atoms with Crippen LogP contribution in [0.25, 0.3) is 0 Å². The monoisotopic (exact) mass is 540 g/mol. The first kappa shape index (κ1) is 25.7. The predicted molar refractivity (Wildman–Crippen MR) is 160 cm³/mol. The third-order valence-corrected chi connectivity index (χ3v) is 8.83. The molecular weight excluding hydrogens is 504 g/mol. The van der Waals surface area contributed by atoms with Crippen LogP contribution in [0.5, 0.6) is 0 Å². The lowest BCUT2D eigenvalue weighted by atomic mass is 9.95. The van der Waals surface area contributed by atoms with E-state index in [1.807, 2.05) is 35.2 Å². The van der Waals surface area contributed by atoms with Crippen molar-refractivity contribution in [2.45, 2.75) is 45.3 Å². The van der Waals surface area contributed by atoms with Crippen LogP contribution >= 0.6 is 12.2 Å². The molecule has 3 aliphatic rings. The van der Waals surface area contributed by atoms with E-state index in [4.69, 9.17) is 17.0 Å². The van der Waals surface area contributed by atoms with E-state index in [0.29, 0.717) is 12.5 Å². The third-order valence-electron chi connectivity index (χ3n) is 8.47. The first-order valence-corrected chi connectivity index (χ1v) is 14.4. The van der Waals surface area contributed by atoms with Crippen molar-refractivity contribution in [1.82, 2.24) is 9.80 Å². The van der Waals surface area contributed by atoms with E-state index in [2.05, 4.69) is 65.4 Å².